The van der Waals surface area contributed by atoms with E-state index in [0.29, 0.717) is 11.1 Å². The minimum atomic E-state index is -0.847. The first kappa shape index (κ1) is 24.3. The van der Waals surface area contributed by atoms with E-state index in [-0.39, 0.29) is 28.3 Å². The Balaban J connectivity index is 1.78. The lowest BCUT2D eigenvalue weighted by Crippen LogP contribution is -2.23. The molecule has 0 saturated carbocycles. The first-order valence-electron chi connectivity index (χ1n) is 10.5. The standard InChI is InChI=1S/C26H24N2O6/c1-15-9-10-17(3)21(13-15)25(30)19-7-5-6-8-20(19)26(31)34-14-23(29)27-24-18(4)16(2)11-12-22(24)28(32)33/h5-13H,14H2,1-4H3,(H,27,29). The van der Waals surface area contributed by atoms with Crippen LogP contribution in [-0.4, -0.2) is 29.2 Å². The van der Waals surface area contributed by atoms with E-state index in [9.17, 15) is 24.5 Å². The van der Waals surface area contributed by atoms with Crippen LogP contribution in [0, 0.1) is 37.8 Å². The normalized spacial score (nSPS) is 10.5. The quantitative estimate of drug-likeness (QED) is 0.233. The SMILES string of the molecule is Cc1ccc(C)c(C(=O)c2ccccc2C(=O)OCC(=O)Nc2c([N+](=O)[O-])ccc(C)c2C)c1. The van der Waals surface area contributed by atoms with Crippen molar-refractivity contribution >= 4 is 29.0 Å². The summed E-state index contributed by atoms with van der Waals surface area (Å²) in [5.41, 5.74) is 3.43. The largest absolute Gasteiger partial charge is 0.452 e. The fraction of sp³-hybridized carbons (Fsp3) is 0.192. The second kappa shape index (κ2) is 10.1. The highest BCUT2D eigenvalue weighted by Crippen LogP contribution is 2.30. The number of rotatable bonds is 7. The average molecular weight is 460 g/mol. The van der Waals surface area contributed by atoms with Crippen molar-refractivity contribution in [3.8, 4) is 0 Å². The van der Waals surface area contributed by atoms with Gasteiger partial charge in [0, 0.05) is 17.2 Å². The highest BCUT2D eigenvalue weighted by atomic mass is 16.6. The maximum atomic E-state index is 13.1. The number of nitro groups is 1. The van der Waals surface area contributed by atoms with Crippen LogP contribution in [0.3, 0.4) is 0 Å². The molecule has 8 heteroatoms. The van der Waals surface area contributed by atoms with Crippen LogP contribution < -0.4 is 5.32 Å². The van der Waals surface area contributed by atoms with Crippen molar-refractivity contribution < 1.29 is 24.0 Å². The molecule has 174 valence electrons. The molecule has 3 rings (SSSR count). The van der Waals surface area contributed by atoms with Gasteiger partial charge < -0.3 is 10.1 Å². The summed E-state index contributed by atoms with van der Waals surface area (Å²) in [5, 5.41) is 13.8. The van der Waals surface area contributed by atoms with E-state index in [0.717, 1.165) is 16.7 Å². The van der Waals surface area contributed by atoms with Crippen LogP contribution in [0.2, 0.25) is 0 Å². The number of amides is 1. The summed E-state index contributed by atoms with van der Waals surface area (Å²) in [6.07, 6.45) is 0. The van der Waals surface area contributed by atoms with Crippen LogP contribution in [-0.2, 0) is 9.53 Å². The third-order valence-corrected chi connectivity index (χ3v) is 5.54. The van der Waals surface area contributed by atoms with Crippen LogP contribution in [0.1, 0.15) is 48.5 Å². The van der Waals surface area contributed by atoms with Crippen molar-refractivity contribution in [2.24, 2.45) is 0 Å². The third-order valence-electron chi connectivity index (χ3n) is 5.54. The molecule has 0 spiro atoms. The Bertz CT molecular complexity index is 1310. The zero-order valence-electron chi connectivity index (χ0n) is 19.3. The Labute approximate surface area is 196 Å². The van der Waals surface area contributed by atoms with Crippen molar-refractivity contribution in [3.63, 3.8) is 0 Å². The van der Waals surface area contributed by atoms with Gasteiger partial charge in [-0.15, -0.1) is 0 Å². The van der Waals surface area contributed by atoms with Crippen molar-refractivity contribution in [2.75, 3.05) is 11.9 Å². The molecule has 1 N–H and O–H groups in total. The van der Waals surface area contributed by atoms with Gasteiger partial charge in [-0.1, -0.05) is 42.0 Å². The fourth-order valence-corrected chi connectivity index (χ4v) is 3.48. The molecule has 0 fully saturated rings. The number of ether oxygens (including phenoxy) is 1. The van der Waals surface area contributed by atoms with Gasteiger partial charge in [0.25, 0.3) is 11.6 Å². The second-order valence-corrected chi connectivity index (χ2v) is 7.98. The number of nitrogens with zero attached hydrogens (tertiary/aromatic N) is 1. The number of ketones is 1. The molecule has 3 aromatic rings. The fourth-order valence-electron chi connectivity index (χ4n) is 3.48. The second-order valence-electron chi connectivity index (χ2n) is 7.98. The molecule has 8 nitrogen and oxygen atoms in total. The minimum absolute atomic E-state index is 0.0268. The van der Waals surface area contributed by atoms with Crippen LogP contribution >= 0.6 is 0 Å². The molecule has 34 heavy (non-hydrogen) atoms. The zero-order chi connectivity index (χ0) is 25.0. The Morgan fingerprint density at radius 1 is 0.882 bits per heavy atom. The van der Waals surface area contributed by atoms with E-state index in [1.54, 1.807) is 38.1 Å². The summed E-state index contributed by atoms with van der Waals surface area (Å²) >= 11 is 0. The van der Waals surface area contributed by atoms with E-state index < -0.39 is 23.4 Å². The zero-order valence-corrected chi connectivity index (χ0v) is 19.3. The van der Waals surface area contributed by atoms with Gasteiger partial charge in [0.15, 0.2) is 12.4 Å². The summed E-state index contributed by atoms with van der Waals surface area (Å²) in [4.78, 5) is 49.0. The Morgan fingerprint density at radius 3 is 2.21 bits per heavy atom. The van der Waals surface area contributed by atoms with Gasteiger partial charge in [0.2, 0.25) is 0 Å². The Kier molecular flexibility index (Phi) is 7.21. The number of benzene rings is 3. The van der Waals surface area contributed by atoms with Gasteiger partial charge in [0.1, 0.15) is 5.69 Å². The Morgan fingerprint density at radius 2 is 1.53 bits per heavy atom. The number of hydrogen-bond acceptors (Lipinski definition) is 6. The molecule has 0 heterocycles. The number of anilines is 1. The van der Waals surface area contributed by atoms with Gasteiger partial charge >= 0.3 is 5.97 Å². The van der Waals surface area contributed by atoms with Crippen LogP contribution in [0.15, 0.2) is 54.6 Å². The molecule has 0 aliphatic carbocycles. The highest BCUT2D eigenvalue weighted by molar-refractivity contribution is 6.15. The number of carbonyl (C=O) groups is 3. The summed E-state index contributed by atoms with van der Waals surface area (Å²) in [7, 11) is 0. The first-order valence-corrected chi connectivity index (χ1v) is 10.5. The number of carbonyl (C=O) groups excluding carboxylic acids is 3. The molecule has 0 bridgehead atoms. The topological polar surface area (TPSA) is 116 Å². The third kappa shape index (κ3) is 5.17. The lowest BCUT2D eigenvalue weighted by atomic mass is 9.94. The van der Waals surface area contributed by atoms with Crippen LogP contribution in [0.5, 0.6) is 0 Å². The molecule has 3 aromatic carbocycles. The van der Waals surface area contributed by atoms with Gasteiger partial charge in [-0.2, -0.15) is 0 Å². The summed E-state index contributed by atoms with van der Waals surface area (Å²) in [6.45, 7) is 6.42. The van der Waals surface area contributed by atoms with Crippen LogP contribution in [0.4, 0.5) is 11.4 Å². The minimum Gasteiger partial charge on any atom is -0.452 e. The molecular formula is C26H24N2O6. The molecule has 0 unspecified atom stereocenters. The lowest BCUT2D eigenvalue weighted by Gasteiger charge is -2.12. The van der Waals surface area contributed by atoms with E-state index in [1.807, 2.05) is 26.0 Å². The molecule has 0 saturated heterocycles. The van der Waals surface area contributed by atoms with E-state index in [4.69, 9.17) is 4.74 Å². The van der Waals surface area contributed by atoms with Crippen molar-refractivity contribution in [3.05, 3.63) is 104 Å². The van der Waals surface area contributed by atoms with E-state index in [1.165, 1.54) is 18.2 Å². The number of nitrogens with one attached hydrogen (secondary N) is 1. The number of esters is 1. The summed E-state index contributed by atoms with van der Waals surface area (Å²) < 4.78 is 5.14. The summed E-state index contributed by atoms with van der Waals surface area (Å²) in [5.74, 6) is -1.91. The molecule has 1 amide bonds. The number of nitro benzene ring substituents is 1. The molecule has 0 aliphatic rings. The number of hydrogen-bond donors (Lipinski definition) is 1. The Hall–Kier alpha value is -4.33. The molecule has 0 radical (unpaired) electrons. The molecule has 0 atom stereocenters. The molecule has 0 aliphatic heterocycles. The van der Waals surface area contributed by atoms with Gasteiger partial charge in [0.05, 0.1) is 10.5 Å². The van der Waals surface area contributed by atoms with Crippen LogP contribution in [0.25, 0.3) is 0 Å². The number of aryl methyl sites for hydroxylation is 3. The lowest BCUT2D eigenvalue weighted by molar-refractivity contribution is -0.384. The highest BCUT2D eigenvalue weighted by Gasteiger charge is 2.23. The predicted molar refractivity (Wildman–Crippen MR) is 127 cm³/mol. The first-order chi connectivity index (χ1) is 16.1. The van der Waals surface area contributed by atoms with Gasteiger partial charge in [-0.3, -0.25) is 19.7 Å². The average Bonchev–Trinajstić information content (AvgIpc) is 2.81. The maximum absolute atomic E-state index is 13.1. The summed E-state index contributed by atoms with van der Waals surface area (Å²) in [6, 6.07) is 14.6. The molecule has 0 aromatic heterocycles. The maximum Gasteiger partial charge on any atom is 0.339 e. The van der Waals surface area contributed by atoms with Crippen molar-refractivity contribution in [2.45, 2.75) is 27.7 Å². The van der Waals surface area contributed by atoms with Crippen molar-refractivity contribution in [1.82, 2.24) is 0 Å². The monoisotopic (exact) mass is 460 g/mol. The van der Waals surface area contributed by atoms with Crippen molar-refractivity contribution in [1.29, 1.82) is 0 Å². The van der Waals surface area contributed by atoms with Gasteiger partial charge in [-0.25, -0.2) is 4.79 Å². The van der Waals surface area contributed by atoms with E-state index >= 15 is 0 Å². The molecular weight excluding hydrogens is 436 g/mol. The van der Waals surface area contributed by atoms with Gasteiger partial charge in [-0.05, 0) is 56.5 Å². The van der Waals surface area contributed by atoms with E-state index in [2.05, 4.69) is 5.32 Å². The predicted octanol–water partition coefficient (Wildman–Crippen LogP) is 4.85. The smallest absolute Gasteiger partial charge is 0.339 e.